The lowest BCUT2D eigenvalue weighted by molar-refractivity contribution is -0.141. The van der Waals surface area contributed by atoms with E-state index in [1.165, 1.54) is 0 Å². The second-order valence-corrected chi connectivity index (χ2v) is 3.79. The second kappa shape index (κ2) is 7.45. The molecule has 0 fully saturated rings. The van der Waals surface area contributed by atoms with Crippen LogP contribution in [0.3, 0.4) is 0 Å². The highest BCUT2D eigenvalue weighted by Gasteiger charge is 2.18. The van der Waals surface area contributed by atoms with Crippen molar-refractivity contribution in [1.29, 1.82) is 5.26 Å². The quantitative estimate of drug-likeness (QED) is 0.736. The van der Waals surface area contributed by atoms with Crippen LogP contribution in [0.25, 0.3) is 0 Å². The Morgan fingerprint density at radius 3 is 2.55 bits per heavy atom. The summed E-state index contributed by atoms with van der Waals surface area (Å²) in [5, 5.41) is 19.7. The third-order valence-corrected chi connectivity index (χ3v) is 2.31. The molecule has 102 valence electrons. The van der Waals surface area contributed by atoms with Crippen molar-refractivity contribution in [3.05, 3.63) is 29.8 Å². The van der Waals surface area contributed by atoms with Crippen molar-refractivity contribution in [2.24, 2.45) is 0 Å². The summed E-state index contributed by atoms with van der Waals surface area (Å²) in [6.07, 6.45) is 4.91. The van der Waals surface area contributed by atoms with Gasteiger partial charge in [0.2, 0.25) is 0 Å². The van der Waals surface area contributed by atoms with Crippen molar-refractivity contribution in [3.63, 3.8) is 0 Å². The number of nitriles is 1. The number of benzene rings is 1. The standard InChI is InChI=1S/C14H12N2O4/c1-2-3-12(14(18)19)16-13(17)9-20-11-6-4-10(8-15)5-7-11/h1,4-7,12H,3,9H2,(H,16,17)(H,18,19). The maximum absolute atomic E-state index is 11.5. The molecule has 1 atom stereocenters. The Morgan fingerprint density at radius 2 is 2.05 bits per heavy atom. The maximum atomic E-state index is 11.5. The van der Waals surface area contributed by atoms with Crippen LogP contribution in [-0.2, 0) is 9.59 Å². The Morgan fingerprint density at radius 1 is 1.40 bits per heavy atom. The van der Waals surface area contributed by atoms with Crippen LogP contribution < -0.4 is 10.1 Å². The van der Waals surface area contributed by atoms with Gasteiger partial charge >= 0.3 is 5.97 Å². The Balaban J connectivity index is 2.48. The molecule has 1 rings (SSSR count). The SMILES string of the molecule is C#CCC(NC(=O)COc1ccc(C#N)cc1)C(=O)O. The van der Waals surface area contributed by atoms with Gasteiger partial charge in [0, 0.05) is 6.42 Å². The maximum Gasteiger partial charge on any atom is 0.327 e. The second-order valence-electron chi connectivity index (χ2n) is 3.79. The number of ether oxygens (including phenoxy) is 1. The third-order valence-electron chi connectivity index (χ3n) is 2.31. The molecular weight excluding hydrogens is 260 g/mol. The van der Waals surface area contributed by atoms with E-state index in [-0.39, 0.29) is 13.0 Å². The minimum Gasteiger partial charge on any atom is -0.484 e. The lowest BCUT2D eigenvalue weighted by Crippen LogP contribution is -2.42. The molecule has 0 saturated carbocycles. The van der Waals surface area contributed by atoms with Crippen LogP contribution in [-0.4, -0.2) is 29.6 Å². The van der Waals surface area contributed by atoms with E-state index in [0.717, 1.165) is 0 Å². The Kier molecular flexibility index (Phi) is 5.61. The summed E-state index contributed by atoms with van der Waals surface area (Å²) in [6, 6.07) is 7.01. The smallest absolute Gasteiger partial charge is 0.327 e. The first-order valence-corrected chi connectivity index (χ1v) is 5.65. The fourth-order valence-electron chi connectivity index (χ4n) is 1.33. The van der Waals surface area contributed by atoms with Crippen LogP contribution in [0.4, 0.5) is 0 Å². The third kappa shape index (κ3) is 4.71. The monoisotopic (exact) mass is 272 g/mol. The summed E-state index contributed by atoms with van der Waals surface area (Å²) in [4.78, 5) is 22.3. The molecule has 0 heterocycles. The summed E-state index contributed by atoms with van der Waals surface area (Å²) in [5.74, 6) is 0.794. The number of aliphatic carboxylic acids is 1. The highest BCUT2D eigenvalue weighted by molar-refractivity contribution is 5.84. The molecule has 1 aromatic carbocycles. The van der Waals surface area contributed by atoms with Crippen molar-refractivity contribution in [2.75, 3.05) is 6.61 Å². The molecule has 1 amide bonds. The number of carbonyl (C=O) groups is 2. The van der Waals surface area contributed by atoms with E-state index in [2.05, 4.69) is 11.2 Å². The van der Waals surface area contributed by atoms with Crippen molar-refractivity contribution >= 4 is 11.9 Å². The molecule has 0 spiro atoms. The van der Waals surface area contributed by atoms with Gasteiger partial charge in [-0.15, -0.1) is 12.3 Å². The molecule has 1 aromatic rings. The van der Waals surface area contributed by atoms with Gasteiger partial charge < -0.3 is 15.2 Å². The number of terminal acetylenes is 1. The van der Waals surface area contributed by atoms with Crippen molar-refractivity contribution in [2.45, 2.75) is 12.5 Å². The van der Waals surface area contributed by atoms with Crippen molar-refractivity contribution in [1.82, 2.24) is 5.32 Å². The van der Waals surface area contributed by atoms with Gasteiger partial charge in [-0.3, -0.25) is 4.79 Å². The van der Waals surface area contributed by atoms with Gasteiger partial charge in [0.05, 0.1) is 11.6 Å². The van der Waals surface area contributed by atoms with Crippen LogP contribution in [0, 0.1) is 23.7 Å². The van der Waals surface area contributed by atoms with Crippen LogP contribution in [0.5, 0.6) is 5.75 Å². The minimum atomic E-state index is -1.20. The summed E-state index contributed by atoms with van der Waals surface area (Å²) in [6.45, 7) is -0.333. The summed E-state index contributed by atoms with van der Waals surface area (Å²) in [7, 11) is 0. The van der Waals surface area contributed by atoms with Crippen molar-refractivity contribution < 1.29 is 19.4 Å². The first-order chi connectivity index (χ1) is 9.56. The van der Waals surface area contributed by atoms with E-state index in [1.807, 2.05) is 6.07 Å². The Hall–Kier alpha value is -2.99. The Bertz CT molecular complexity index is 566. The van der Waals surface area contributed by atoms with Gasteiger partial charge in [0.15, 0.2) is 6.61 Å². The predicted molar refractivity (Wildman–Crippen MR) is 69.7 cm³/mol. The van der Waals surface area contributed by atoms with Gasteiger partial charge in [-0.2, -0.15) is 5.26 Å². The molecule has 0 aliphatic rings. The van der Waals surface area contributed by atoms with Crippen molar-refractivity contribution in [3.8, 4) is 24.2 Å². The summed E-state index contributed by atoms with van der Waals surface area (Å²) >= 11 is 0. The van der Waals surface area contributed by atoms with E-state index in [9.17, 15) is 9.59 Å². The number of hydrogen-bond donors (Lipinski definition) is 2. The topological polar surface area (TPSA) is 99.4 Å². The first-order valence-electron chi connectivity index (χ1n) is 5.65. The van der Waals surface area contributed by atoms with Crippen LogP contribution in [0.15, 0.2) is 24.3 Å². The van der Waals surface area contributed by atoms with Crippen LogP contribution >= 0.6 is 0 Å². The lowest BCUT2D eigenvalue weighted by atomic mass is 10.2. The molecule has 0 bridgehead atoms. The van der Waals surface area contributed by atoms with E-state index in [1.54, 1.807) is 24.3 Å². The summed E-state index contributed by atoms with van der Waals surface area (Å²) in [5.41, 5.74) is 0.474. The number of carboxylic acids is 1. The Labute approximate surface area is 116 Å². The van der Waals surface area contributed by atoms with Gasteiger partial charge in [-0.1, -0.05) is 0 Å². The fraction of sp³-hybridized carbons (Fsp3) is 0.214. The van der Waals surface area contributed by atoms with Gasteiger partial charge in [0.1, 0.15) is 11.8 Å². The zero-order valence-electron chi connectivity index (χ0n) is 10.5. The molecule has 0 aromatic heterocycles. The highest BCUT2D eigenvalue weighted by atomic mass is 16.5. The molecular formula is C14H12N2O4. The largest absolute Gasteiger partial charge is 0.484 e. The van der Waals surface area contributed by atoms with Gasteiger partial charge in [-0.25, -0.2) is 4.79 Å². The van der Waals surface area contributed by atoms with E-state index in [4.69, 9.17) is 21.5 Å². The minimum absolute atomic E-state index is 0.0993. The first kappa shape index (κ1) is 15.1. The lowest BCUT2D eigenvalue weighted by Gasteiger charge is -2.12. The van der Waals surface area contributed by atoms with Gasteiger partial charge in [-0.05, 0) is 24.3 Å². The van der Waals surface area contributed by atoms with Gasteiger partial charge in [0.25, 0.3) is 5.91 Å². The highest BCUT2D eigenvalue weighted by Crippen LogP contribution is 2.11. The molecule has 0 radical (unpaired) electrons. The molecule has 2 N–H and O–H groups in total. The molecule has 1 unspecified atom stereocenters. The normalized spacial score (nSPS) is 10.7. The zero-order chi connectivity index (χ0) is 15.0. The number of nitrogens with zero attached hydrogens (tertiary/aromatic N) is 1. The predicted octanol–water partition coefficient (Wildman–Crippen LogP) is 0.530. The number of amides is 1. The average molecular weight is 272 g/mol. The van der Waals surface area contributed by atoms with Crippen LogP contribution in [0.2, 0.25) is 0 Å². The molecule has 0 aliphatic heterocycles. The molecule has 6 heteroatoms. The number of carbonyl (C=O) groups excluding carboxylic acids is 1. The fourth-order valence-corrected chi connectivity index (χ4v) is 1.33. The summed E-state index contributed by atoms with van der Waals surface area (Å²) < 4.78 is 5.16. The number of nitrogens with one attached hydrogen (secondary N) is 1. The van der Waals surface area contributed by atoms with E-state index < -0.39 is 17.9 Å². The van der Waals surface area contributed by atoms with E-state index in [0.29, 0.717) is 11.3 Å². The molecule has 20 heavy (non-hydrogen) atoms. The van der Waals surface area contributed by atoms with Crippen LogP contribution in [0.1, 0.15) is 12.0 Å². The number of carboxylic acid groups (broad SMARTS) is 1. The molecule has 6 nitrogen and oxygen atoms in total. The molecule has 0 saturated heterocycles. The average Bonchev–Trinajstić information content (AvgIpc) is 2.45. The molecule has 0 aliphatic carbocycles. The van der Waals surface area contributed by atoms with E-state index >= 15 is 0 Å². The number of rotatable bonds is 6. The number of hydrogen-bond acceptors (Lipinski definition) is 4. The zero-order valence-corrected chi connectivity index (χ0v) is 10.5.